The molecule has 0 saturated heterocycles. The molecule has 4 nitrogen and oxygen atoms in total. The number of alkyl halides is 3. The monoisotopic (exact) mass is 292 g/mol. The number of aryl methyl sites for hydroxylation is 1. The molecule has 0 bridgehead atoms. The van der Waals surface area contributed by atoms with Crippen LogP contribution in [0.15, 0.2) is 36.7 Å². The van der Waals surface area contributed by atoms with Crippen molar-refractivity contribution < 1.29 is 13.2 Å². The Labute approximate surface area is 118 Å². The molecule has 0 atom stereocenters. The van der Waals surface area contributed by atoms with Crippen molar-refractivity contribution in [3.05, 3.63) is 42.4 Å². The average molecular weight is 292 g/mol. The fourth-order valence-corrected chi connectivity index (χ4v) is 2.36. The van der Waals surface area contributed by atoms with Crippen molar-refractivity contribution in [2.24, 2.45) is 7.05 Å². The van der Waals surface area contributed by atoms with E-state index in [2.05, 4.69) is 9.97 Å². The van der Waals surface area contributed by atoms with Gasteiger partial charge in [0.25, 0.3) is 0 Å². The van der Waals surface area contributed by atoms with Crippen molar-refractivity contribution in [3.63, 3.8) is 0 Å². The lowest BCUT2D eigenvalue weighted by atomic mass is 10.0. The minimum atomic E-state index is -4.59. The molecule has 21 heavy (non-hydrogen) atoms. The number of aromatic nitrogens is 3. The average Bonchev–Trinajstić information content (AvgIpc) is 2.76. The van der Waals surface area contributed by atoms with Gasteiger partial charge in [-0.25, -0.2) is 9.97 Å². The molecule has 2 N–H and O–H groups in total. The van der Waals surface area contributed by atoms with E-state index in [1.807, 2.05) is 12.1 Å². The highest BCUT2D eigenvalue weighted by Gasteiger charge is 2.37. The van der Waals surface area contributed by atoms with Gasteiger partial charge in [0, 0.05) is 41.5 Å². The molecular weight excluding hydrogens is 281 g/mol. The van der Waals surface area contributed by atoms with Gasteiger partial charge in [-0.1, -0.05) is 18.2 Å². The third kappa shape index (κ3) is 2.20. The quantitative estimate of drug-likeness (QED) is 0.749. The van der Waals surface area contributed by atoms with E-state index in [0.717, 1.165) is 11.7 Å². The summed E-state index contributed by atoms with van der Waals surface area (Å²) in [5.74, 6) is -0.397. The summed E-state index contributed by atoms with van der Waals surface area (Å²) in [6, 6.07) is 7.21. The summed E-state index contributed by atoms with van der Waals surface area (Å²) in [4.78, 5) is 7.07. The highest BCUT2D eigenvalue weighted by atomic mass is 19.4. The Kier molecular flexibility index (Phi) is 2.86. The molecule has 0 spiro atoms. The Morgan fingerprint density at radius 2 is 1.86 bits per heavy atom. The molecule has 0 radical (unpaired) electrons. The normalized spacial score (nSPS) is 12.0. The summed E-state index contributed by atoms with van der Waals surface area (Å²) in [6.07, 6.45) is -1.84. The Balaban J connectivity index is 2.34. The highest BCUT2D eigenvalue weighted by Crippen LogP contribution is 2.38. The molecule has 3 aromatic rings. The van der Waals surface area contributed by atoms with Crippen molar-refractivity contribution in [2.75, 3.05) is 5.73 Å². The van der Waals surface area contributed by atoms with E-state index in [1.54, 1.807) is 29.9 Å². The maximum absolute atomic E-state index is 13.2. The van der Waals surface area contributed by atoms with Crippen LogP contribution in [0.25, 0.3) is 22.0 Å². The largest absolute Gasteiger partial charge is 0.434 e. The fraction of sp³-hybridized carbons (Fsp3) is 0.143. The number of benzene rings is 1. The van der Waals surface area contributed by atoms with Gasteiger partial charge in [0.15, 0.2) is 5.69 Å². The third-order valence-electron chi connectivity index (χ3n) is 3.26. The molecule has 0 aliphatic rings. The highest BCUT2D eigenvalue weighted by molar-refractivity contribution is 5.96. The number of fused-ring (bicyclic) bond motifs is 1. The van der Waals surface area contributed by atoms with E-state index in [1.165, 1.54) is 0 Å². The van der Waals surface area contributed by atoms with E-state index >= 15 is 0 Å². The van der Waals surface area contributed by atoms with Crippen LogP contribution in [0.1, 0.15) is 5.69 Å². The van der Waals surface area contributed by atoms with Gasteiger partial charge >= 0.3 is 6.18 Å². The maximum Gasteiger partial charge on any atom is 0.434 e. The lowest BCUT2D eigenvalue weighted by Gasteiger charge is -2.11. The molecule has 1 aromatic carbocycles. The minimum absolute atomic E-state index is 0.0755. The van der Waals surface area contributed by atoms with Crippen LogP contribution in [0.5, 0.6) is 0 Å². The van der Waals surface area contributed by atoms with Crippen LogP contribution in [-0.2, 0) is 13.2 Å². The number of anilines is 1. The number of nitrogens with zero attached hydrogens (tertiary/aromatic N) is 3. The van der Waals surface area contributed by atoms with E-state index in [4.69, 9.17) is 5.73 Å². The number of halogens is 3. The number of rotatable bonds is 1. The third-order valence-corrected chi connectivity index (χ3v) is 3.26. The summed E-state index contributed by atoms with van der Waals surface area (Å²) in [5.41, 5.74) is 5.46. The topological polar surface area (TPSA) is 56.7 Å². The number of hydrogen-bond donors (Lipinski definition) is 1. The summed E-state index contributed by atoms with van der Waals surface area (Å²) in [5, 5.41) is 0.707. The number of nitrogens with two attached hydrogens (primary N) is 1. The van der Waals surface area contributed by atoms with Crippen LogP contribution >= 0.6 is 0 Å². The van der Waals surface area contributed by atoms with Gasteiger partial charge in [0.1, 0.15) is 0 Å². The van der Waals surface area contributed by atoms with E-state index in [9.17, 15) is 13.2 Å². The first-order valence-corrected chi connectivity index (χ1v) is 6.12. The molecule has 108 valence electrons. The van der Waals surface area contributed by atoms with Crippen LogP contribution < -0.4 is 5.73 Å². The van der Waals surface area contributed by atoms with Gasteiger partial charge in [0.05, 0.1) is 0 Å². The minimum Gasteiger partial charge on any atom is -0.368 e. The van der Waals surface area contributed by atoms with Gasteiger partial charge < -0.3 is 10.3 Å². The number of para-hydroxylation sites is 1. The molecule has 0 saturated carbocycles. The number of nitrogen functional groups attached to an aromatic ring is 1. The molecule has 0 aliphatic heterocycles. The van der Waals surface area contributed by atoms with E-state index in [0.29, 0.717) is 10.9 Å². The summed E-state index contributed by atoms with van der Waals surface area (Å²) < 4.78 is 41.3. The summed E-state index contributed by atoms with van der Waals surface area (Å²) >= 11 is 0. The first kappa shape index (κ1) is 13.4. The molecule has 3 rings (SSSR count). The van der Waals surface area contributed by atoms with E-state index in [-0.39, 0.29) is 5.56 Å². The standard InChI is InChI=1S/C14H11F3N4/c1-21-7-10(8-4-2-3-5-11(8)21)9-6-19-13(18)20-12(9)14(15,16)17/h2-7H,1H3,(H2,18,19,20). The molecule has 2 heterocycles. The summed E-state index contributed by atoms with van der Waals surface area (Å²) in [6.45, 7) is 0. The molecule has 0 amide bonds. The lowest BCUT2D eigenvalue weighted by Crippen LogP contribution is -2.12. The van der Waals surface area contributed by atoms with Crippen molar-refractivity contribution >= 4 is 16.9 Å². The van der Waals surface area contributed by atoms with Gasteiger partial charge in [0.2, 0.25) is 5.95 Å². The molecule has 0 unspecified atom stereocenters. The number of hydrogen-bond acceptors (Lipinski definition) is 3. The van der Waals surface area contributed by atoms with Crippen LogP contribution in [0.4, 0.5) is 19.1 Å². The van der Waals surface area contributed by atoms with Gasteiger partial charge in [-0.2, -0.15) is 13.2 Å². The van der Waals surface area contributed by atoms with E-state index < -0.39 is 17.8 Å². The molecule has 0 fully saturated rings. The second kappa shape index (κ2) is 4.47. The van der Waals surface area contributed by atoms with Crippen molar-refractivity contribution in [1.29, 1.82) is 0 Å². The fourth-order valence-electron chi connectivity index (χ4n) is 2.36. The second-order valence-corrected chi connectivity index (χ2v) is 4.66. The Hall–Kier alpha value is -2.57. The first-order valence-electron chi connectivity index (χ1n) is 6.12. The smallest absolute Gasteiger partial charge is 0.368 e. The predicted molar refractivity (Wildman–Crippen MR) is 73.4 cm³/mol. The van der Waals surface area contributed by atoms with Gasteiger partial charge in [-0.05, 0) is 6.07 Å². The predicted octanol–water partition coefficient (Wildman–Crippen LogP) is 3.24. The molecule has 2 aromatic heterocycles. The molecule has 0 aliphatic carbocycles. The van der Waals surface area contributed by atoms with Crippen LogP contribution in [0.3, 0.4) is 0 Å². The van der Waals surface area contributed by atoms with Crippen LogP contribution in [-0.4, -0.2) is 14.5 Å². The zero-order chi connectivity index (χ0) is 15.2. The molecule has 7 heteroatoms. The van der Waals surface area contributed by atoms with Crippen LogP contribution in [0, 0.1) is 0 Å². The zero-order valence-electron chi connectivity index (χ0n) is 11.0. The Morgan fingerprint density at radius 3 is 2.57 bits per heavy atom. The van der Waals surface area contributed by atoms with Gasteiger partial charge in [-0.15, -0.1) is 0 Å². The van der Waals surface area contributed by atoms with Crippen molar-refractivity contribution in [3.8, 4) is 11.1 Å². The van der Waals surface area contributed by atoms with Crippen molar-refractivity contribution in [2.45, 2.75) is 6.18 Å². The first-order chi connectivity index (χ1) is 9.88. The summed E-state index contributed by atoms with van der Waals surface area (Å²) in [7, 11) is 1.78. The lowest BCUT2D eigenvalue weighted by molar-refractivity contribution is -0.140. The van der Waals surface area contributed by atoms with Crippen molar-refractivity contribution in [1.82, 2.24) is 14.5 Å². The van der Waals surface area contributed by atoms with Gasteiger partial charge in [-0.3, -0.25) is 0 Å². The molecular formula is C14H11F3N4. The Bertz CT molecular complexity index is 821. The zero-order valence-corrected chi connectivity index (χ0v) is 11.0. The van der Waals surface area contributed by atoms with Crippen LogP contribution in [0.2, 0.25) is 0 Å². The Morgan fingerprint density at radius 1 is 1.14 bits per heavy atom. The SMILES string of the molecule is Cn1cc(-c2cnc(N)nc2C(F)(F)F)c2ccccc21. The second-order valence-electron chi connectivity index (χ2n) is 4.66. The maximum atomic E-state index is 13.2.